The fourth-order valence-electron chi connectivity index (χ4n) is 4.35. The van der Waals surface area contributed by atoms with E-state index in [1.165, 1.54) is 6.33 Å². The van der Waals surface area contributed by atoms with Crippen molar-refractivity contribution in [2.45, 2.75) is 51.2 Å². The fraction of sp³-hybridized carbons (Fsp3) is 0.571. The average Bonchev–Trinajstić information content (AvgIpc) is 2.63. The molecule has 0 atom stereocenters. The van der Waals surface area contributed by atoms with E-state index < -0.39 is 0 Å². The SMILES string of the molecule is Cc1ccc2ncnc(NCC(=O)CC3CN(C4CCC(O)CC4)C3)c2c1. The van der Waals surface area contributed by atoms with E-state index in [1.54, 1.807) is 0 Å². The number of anilines is 1. The fourth-order valence-corrected chi connectivity index (χ4v) is 4.35. The molecule has 2 N–H and O–H groups in total. The molecule has 2 aliphatic rings. The van der Waals surface area contributed by atoms with Crippen LogP contribution >= 0.6 is 0 Å². The van der Waals surface area contributed by atoms with E-state index in [9.17, 15) is 9.90 Å². The summed E-state index contributed by atoms with van der Waals surface area (Å²) in [5.74, 6) is 1.43. The number of hydrogen-bond acceptors (Lipinski definition) is 6. The van der Waals surface area contributed by atoms with Crippen LogP contribution in [-0.4, -0.2) is 57.5 Å². The topological polar surface area (TPSA) is 78.4 Å². The van der Waals surface area contributed by atoms with Gasteiger partial charge in [0, 0.05) is 30.9 Å². The molecule has 0 spiro atoms. The third kappa shape index (κ3) is 4.28. The lowest BCUT2D eigenvalue weighted by Gasteiger charge is -2.46. The van der Waals surface area contributed by atoms with E-state index in [1.807, 2.05) is 25.1 Å². The number of aliphatic hydroxyl groups is 1. The van der Waals surface area contributed by atoms with Gasteiger partial charge in [-0.15, -0.1) is 0 Å². The van der Waals surface area contributed by atoms with Gasteiger partial charge in [0.2, 0.25) is 0 Å². The Labute approximate surface area is 160 Å². The average molecular weight is 368 g/mol. The predicted molar refractivity (Wildman–Crippen MR) is 106 cm³/mol. The number of aliphatic hydroxyl groups excluding tert-OH is 1. The first kappa shape index (κ1) is 18.3. The number of likely N-dealkylation sites (tertiary alicyclic amines) is 1. The first-order chi connectivity index (χ1) is 13.1. The van der Waals surface area contributed by atoms with Gasteiger partial charge < -0.3 is 10.4 Å². The molecule has 0 radical (unpaired) electrons. The zero-order chi connectivity index (χ0) is 18.8. The Bertz CT molecular complexity index is 811. The smallest absolute Gasteiger partial charge is 0.152 e. The number of aromatic nitrogens is 2. The molecular formula is C21H28N4O2. The van der Waals surface area contributed by atoms with Gasteiger partial charge in [0.25, 0.3) is 0 Å². The van der Waals surface area contributed by atoms with Gasteiger partial charge in [-0.2, -0.15) is 0 Å². The van der Waals surface area contributed by atoms with Gasteiger partial charge in [-0.1, -0.05) is 11.6 Å². The van der Waals surface area contributed by atoms with Gasteiger partial charge in [-0.3, -0.25) is 9.69 Å². The summed E-state index contributed by atoms with van der Waals surface area (Å²) in [6.07, 6.45) is 6.07. The molecule has 2 heterocycles. The van der Waals surface area contributed by atoms with E-state index in [2.05, 4.69) is 20.2 Å². The van der Waals surface area contributed by atoms with Crippen molar-refractivity contribution < 1.29 is 9.90 Å². The Morgan fingerprint density at radius 3 is 2.78 bits per heavy atom. The lowest BCUT2D eigenvalue weighted by Crippen LogP contribution is -2.53. The number of hydrogen-bond donors (Lipinski definition) is 2. The zero-order valence-electron chi connectivity index (χ0n) is 15.9. The molecule has 2 aromatic rings. The number of aryl methyl sites for hydroxylation is 1. The Morgan fingerprint density at radius 2 is 2.00 bits per heavy atom. The van der Waals surface area contributed by atoms with E-state index >= 15 is 0 Å². The number of ketones is 1. The number of nitrogens with zero attached hydrogens (tertiary/aromatic N) is 3. The molecule has 0 unspecified atom stereocenters. The Kier molecular flexibility index (Phi) is 5.36. The van der Waals surface area contributed by atoms with Crippen molar-refractivity contribution in [1.29, 1.82) is 0 Å². The summed E-state index contributed by atoms with van der Waals surface area (Å²) in [6.45, 7) is 4.38. The normalized spacial score (nSPS) is 23.9. The summed E-state index contributed by atoms with van der Waals surface area (Å²) in [7, 11) is 0. The highest BCUT2D eigenvalue weighted by atomic mass is 16.3. The lowest BCUT2D eigenvalue weighted by molar-refractivity contribution is -0.120. The number of Topliss-reactive ketones (excluding diaryl/α,β-unsaturated/α-hetero) is 1. The van der Waals surface area contributed by atoms with Crippen LogP contribution in [-0.2, 0) is 4.79 Å². The maximum atomic E-state index is 12.4. The molecule has 0 amide bonds. The number of nitrogens with one attached hydrogen (secondary N) is 1. The summed E-state index contributed by atoms with van der Waals surface area (Å²) in [4.78, 5) is 23.5. The molecule has 2 fully saturated rings. The van der Waals surface area contributed by atoms with Gasteiger partial charge in [-0.25, -0.2) is 9.97 Å². The van der Waals surface area contributed by atoms with Crippen molar-refractivity contribution in [3.63, 3.8) is 0 Å². The molecule has 1 aliphatic carbocycles. The zero-order valence-corrected chi connectivity index (χ0v) is 15.9. The van der Waals surface area contributed by atoms with Gasteiger partial charge in [-0.05, 0) is 50.7 Å². The maximum absolute atomic E-state index is 12.4. The highest BCUT2D eigenvalue weighted by molar-refractivity contribution is 5.91. The van der Waals surface area contributed by atoms with E-state index in [4.69, 9.17) is 0 Å². The summed E-state index contributed by atoms with van der Waals surface area (Å²) in [5, 5.41) is 13.8. The highest BCUT2D eigenvalue weighted by Crippen LogP contribution is 2.30. The van der Waals surface area contributed by atoms with Crippen molar-refractivity contribution in [3.8, 4) is 0 Å². The second kappa shape index (κ2) is 7.90. The standard InChI is InChI=1S/C21H28N4O2/c1-14-2-7-20-19(8-14)21(24-13-23-20)22-10-18(27)9-15-11-25(12-15)16-3-5-17(26)6-4-16/h2,7-8,13,15-17,26H,3-6,9-12H2,1H3,(H,22,23,24). The summed E-state index contributed by atoms with van der Waals surface area (Å²) in [5.41, 5.74) is 2.04. The Morgan fingerprint density at radius 1 is 1.22 bits per heavy atom. The minimum atomic E-state index is -0.104. The summed E-state index contributed by atoms with van der Waals surface area (Å²) < 4.78 is 0. The molecule has 27 heavy (non-hydrogen) atoms. The molecule has 1 aromatic heterocycles. The van der Waals surface area contributed by atoms with Crippen LogP contribution in [0.15, 0.2) is 24.5 Å². The first-order valence-corrected chi connectivity index (χ1v) is 9.97. The third-order valence-corrected chi connectivity index (χ3v) is 5.93. The number of carbonyl (C=O) groups is 1. The van der Waals surface area contributed by atoms with Gasteiger partial charge >= 0.3 is 0 Å². The molecule has 1 saturated carbocycles. The van der Waals surface area contributed by atoms with Crippen molar-refractivity contribution in [2.24, 2.45) is 5.92 Å². The number of carbonyl (C=O) groups excluding carboxylic acids is 1. The van der Waals surface area contributed by atoms with Crippen molar-refractivity contribution in [2.75, 3.05) is 25.0 Å². The molecule has 0 bridgehead atoms. The molecule has 1 aliphatic heterocycles. The first-order valence-electron chi connectivity index (χ1n) is 9.97. The molecule has 1 aromatic carbocycles. The quantitative estimate of drug-likeness (QED) is 0.816. The van der Waals surface area contributed by atoms with Crippen LogP contribution in [0.2, 0.25) is 0 Å². The van der Waals surface area contributed by atoms with Crippen LogP contribution in [0, 0.1) is 12.8 Å². The highest BCUT2D eigenvalue weighted by Gasteiger charge is 2.34. The number of fused-ring (bicyclic) bond motifs is 1. The maximum Gasteiger partial charge on any atom is 0.152 e. The Balaban J connectivity index is 1.25. The second-order valence-corrected chi connectivity index (χ2v) is 8.12. The lowest BCUT2D eigenvalue weighted by atomic mass is 9.86. The molecule has 144 valence electrons. The summed E-state index contributed by atoms with van der Waals surface area (Å²) in [6, 6.07) is 6.66. The van der Waals surface area contributed by atoms with Gasteiger partial charge in [0.1, 0.15) is 12.1 Å². The van der Waals surface area contributed by atoms with E-state index in [0.717, 1.165) is 61.1 Å². The van der Waals surface area contributed by atoms with E-state index in [-0.39, 0.29) is 11.9 Å². The van der Waals surface area contributed by atoms with Gasteiger partial charge in [0.15, 0.2) is 5.78 Å². The van der Waals surface area contributed by atoms with Crippen molar-refractivity contribution in [3.05, 3.63) is 30.1 Å². The third-order valence-electron chi connectivity index (χ3n) is 5.93. The number of benzene rings is 1. The predicted octanol–water partition coefficient (Wildman–Crippen LogP) is 2.54. The van der Waals surface area contributed by atoms with Gasteiger partial charge in [0.05, 0.1) is 18.2 Å². The molecular weight excluding hydrogens is 340 g/mol. The van der Waals surface area contributed by atoms with E-state index in [0.29, 0.717) is 24.9 Å². The van der Waals surface area contributed by atoms with Crippen LogP contribution in [0.5, 0.6) is 0 Å². The molecule has 6 heteroatoms. The Hall–Kier alpha value is -2.05. The minimum Gasteiger partial charge on any atom is -0.393 e. The van der Waals surface area contributed by atoms with Crippen LogP contribution in [0.25, 0.3) is 10.9 Å². The summed E-state index contributed by atoms with van der Waals surface area (Å²) >= 11 is 0. The van der Waals surface area contributed by atoms with Crippen LogP contribution < -0.4 is 5.32 Å². The largest absolute Gasteiger partial charge is 0.393 e. The van der Waals surface area contributed by atoms with Crippen molar-refractivity contribution >= 4 is 22.5 Å². The molecule has 1 saturated heterocycles. The number of rotatable bonds is 6. The van der Waals surface area contributed by atoms with Crippen molar-refractivity contribution in [1.82, 2.24) is 14.9 Å². The van der Waals surface area contributed by atoms with Crippen LogP contribution in [0.1, 0.15) is 37.7 Å². The minimum absolute atomic E-state index is 0.104. The molecule has 6 nitrogen and oxygen atoms in total. The second-order valence-electron chi connectivity index (χ2n) is 8.12. The molecule has 4 rings (SSSR count). The monoisotopic (exact) mass is 368 g/mol. The van der Waals surface area contributed by atoms with Crippen LogP contribution in [0.4, 0.5) is 5.82 Å². The van der Waals surface area contributed by atoms with Crippen LogP contribution in [0.3, 0.4) is 0 Å².